The maximum atomic E-state index is 5.64. The Hall–Kier alpha value is -0.0400. The first-order valence-electron chi connectivity index (χ1n) is 5.96. The van der Waals surface area contributed by atoms with E-state index in [9.17, 15) is 0 Å². The van der Waals surface area contributed by atoms with Crippen LogP contribution in [0.1, 0.15) is 52.4 Å². The second-order valence-corrected chi connectivity index (χ2v) is 4.87. The molecule has 1 heteroatoms. The Labute approximate surface area is 83.1 Å². The third-order valence-corrected chi connectivity index (χ3v) is 3.68. The molecule has 0 aromatic carbocycles. The third kappa shape index (κ3) is 3.68. The summed E-state index contributed by atoms with van der Waals surface area (Å²) in [4.78, 5) is 0. The van der Waals surface area contributed by atoms with Gasteiger partial charge in [0.05, 0.1) is 0 Å². The average Bonchev–Trinajstić information content (AvgIpc) is 2.19. The average molecular weight is 183 g/mol. The SMILES string of the molecule is CCC1CCC(CC(C)CN)CC1. The highest BCUT2D eigenvalue weighted by Gasteiger charge is 2.20. The molecule has 13 heavy (non-hydrogen) atoms. The van der Waals surface area contributed by atoms with Gasteiger partial charge in [-0.05, 0) is 30.7 Å². The quantitative estimate of drug-likeness (QED) is 0.711. The summed E-state index contributed by atoms with van der Waals surface area (Å²) in [7, 11) is 0. The zero-order valence-electron chi connectivity index (χ0n) is 9.26. The molecule has 0 saturated heterocycles. The summed E-state index contributed by atoms with van der Waals surface area (Å²) in [5, 5.41) is 0. The Morgan fingerprint density at radius 3 is 2.15 bits per heavy atom. The summed E-state index contributed by atoms with van der Waals surface area (Å²) in [6, 6.07) is 0. The Kier molecular flexibility index (Phi) is 4.79. The van der Waals surface area contributed by atoms with Gasteiger partial charge < -0.3 is 5.73 Å². The van der Waals surface area contributed by atoms with Gasteiger partial charge in [0.25, 0.3) is 0 Å². The zero-order chi connectivity index (χ0) is 9.68. The molecule has 2 N–H and O–H groups in total. The summed E-state index contributed by atoms with van der Waals surface area (Å²) in [5.74, 6) is 2.76. The molecule has 1 unspecified atom stereocenters. The summed E-state index contributed by atoms with van der Waals surface area (Å²) < 4.78 is 0. The summed E-state index contributed by atoms with van der Waals surface area (Å²) in [6.45, 7) is 5.48. The molecule has 0 aliphatic heterocycles. The second kappa shape index (κ2) is 5.64. The largest absolute Gasteiger partial charge is 0.330 e. The number of hydrogen-bond donors (Lipinski definition) is 1. The minimum Gasteiger partial charge on any atom is -0.330 e. The molecule has 1 saturated carbocycles. The van der Waals surface area contributed by atoms with Crippen LogP contribution in [0, 0.1) is 17.8 Å². The van der Waals surface area contributed by atoms with Crippen LogP contribution in [0.25, 0.3) is 0 Å². The van der Waals surface area contributed by atoms with Crippen LogP contribution in [-0.2, 0) is 0 Å². The highest BCUT2D eigenvalue weighted by Crippen LogP contribution is 2.33. The van der Waals surface area contributed by atoms with Gasteiger partial charge in [-0.15, -0.1) is 0 Å². The molecule has 0 heterocycles. The lowest BCUT2D eigenvalue weighted by molar-refractivity contribution is 0.238. The zero-order valence-corrected chi connectivity index (χ0v) is 9.26. The molecule has 0 radical (unpaired) electrons. The normalized spacial score (nSPS) is 31.6. The molecule has 0 bridgehead atoms. The second-order valence-electron chi connectivity index (χ2n) is 4.87. The van der Waals surface area contributed by atoms with Crippen LogP contribution in [0.15, 0.2) is 0 Å². The number of rotatable bonds is 4. The van der Waals surface area contributed by atoms with Gasteiger partial charge in [-0.1, -0.05) is 46.0 Å². The molecule has 1 rings (SSSR count). The van der Waals surface area contributed by atoms with Crippen molar-refractivity contribution < 1.29 is 0 Å². The maximum Gasteiger partial charge on any atom is -0.00514 e. The van der Waals surface area contributed by atoms with E-state index in [1.165, 1.54) is 38.5 Å². The molecular formula is C12H25N. The van der Waals surface area contributed by atoms with Crippen LogP contribution in [0.5, 0.6) is 0 Å². The molecule has 0 spiro atoms. The number of hydrogen-bond acceptors (Lipinski definition) is 1. The number of nitrogens with two attached hydrogens (primary N) is 1. The highest BCUT2D eigenvalue weighted by atomic mass is 14.5. The Morgan fingerprint density at radius 2 is 1.69 bits per heavy atom. The van der Waals surface area contributed by atoms with E-state index in [0.717, 1.165) is 24.3 Å². The van der Waals surface area contributed by atoms with Crippen molar-refractivity contribution in [2.24, 2.45) is 23.5 Å². The Morgan fingerprint density at radius 1 is 1.15 bits per heavy atom. The van der Waals surface area contributed by atoms with E-state index < -0.39 is 0 Å². The Balaban J connectivity index is 2.17. The first-order chi connectivity index (χ1) is 6.26. The molecule has 1 atom stereocenters. The van der Waals surface area contributed by atoms with Crippen molar-refractivity contribution in [3.05, 3.63) is 0 Å². The van der Waals surface area contributed by atoms with E-state index >= 15 is 0 Å². The lowest BCUT2D eigenvalue weighted by Crippen LogP contribution is -2.19. The summed E-state index contributed by atoms with van der Waals surface area (Å²) >= 11 is 0. The molecule has 0 aromatic heterocycles. The third-order valence-electron chi connectivity index (χ3n) is 3.68. The molecule has 0 aromatic rings. The fraction of sp³-hybridized carbons (Fsp3) is 1.00. The minimum absolute atomic E-state index is 0.739. The van der Waals surface area contributed by atoms with Crippen LogP contribution >= 0.6 is 0 Å². The molecule has 1 nitrogen and oxygen atoms in total. The van der Waals surface area contributed by atoms with Gasteiger partial charge in [-0.25, -0.2) is 0 Å². The first kappa shape index (κ1) is 11.0. The van der Waals surface area contributed by atoms with Gasteiger partial charge in [-0.3, -0.25) is 0 Å². The summed E-state index contributed by atoms with van der Waals surface area (Å²) in [6.07, 6.45) is 8.62. The van der Waals surface area contributed by atoms with Crippen molar-refractivity contribution in [1.29, 1.82) is 0 Å². The van der Waals surface area contributed by atoms with Crippen molar-refractivity contribution in [3.63, 3.8) is 0 Å². The van der Waals surface area contributed by atoms with Gasteiger partial charge in [0.2, 0.25) is 0 Å². The van der Waals surface area contributed by atoms with Crippen molar-refractivity contribution in [1.82, 2.24) is 0 Å². The van der Waals surface area contributed by atoms with E-state index in [-0.39, 0.29) is 0 Å². The lowest BCUT2D eigenvalue weighted by atomic mass is 9.77. The molecule has 1 aliphatic carbocycles. The smallest absolute Gasteiger partial charge is 0.00514 e. The summed E-state index contributed by atoms with van der Waals surface area (Å²) in [5.41, 5.74) is 5.64. The van der Waals surface area contributed by atoms with Crippen LogP contribution in [0.3, 0.4) is 0 Å². The molecule has 0 amide bonds. The van der Waals surface area contributed by atoms with E-state index in [0.29, 0.717) is 0 Å². The topological polar surface area (TPSA) is 26.0 Å². The van der Waals surface area contributed by atoms with Gasteiger partial charge in [0, 0.05) is 0 Å². The molecule has 78 valence electrons. The van der Waals surface area contributed by atoms with Gasteiger partial charge >= 0.3 is 0 Å². The fourth-order valence-electron chi connectivity index (χ4n) is 2.54. The monoisotopic (exact) mass is 183 g/mol. The fourth-order valence-corrected chi connectivity index (χ4v) is 2.54. The molecular weight excluding hydrogens is 158 g/mol. The van der Waals surface area contributed by atoms with Gasteiger partial charge in [0.1, 0.15) is 0 Å². The first-order valence-corrected chi connectivity index (χ1v) is 5.96. The molecule has 1 fully saturated rings. The van der Waals surface area contributed by atoms with E-state index in [2.05, 4.69) is 13.8 Å². The van der Waals surface area contributed by atoms with Crippen LogP contribution < -0.4 is 5.73 Å². The molecule has 1 aliphatic rings. The van der Waals surface area contributed by atoms with Crippen LogP contribution in [-0.4, -0.2) is 6.54 Å². The lowest BCUT2D eigenvalue weighted by Gasteiger charge is -2.29. The predicted molar refractivity (Wildman–Crippen MR) is 58.6 cm³/mol. The van der Waals surface area contributed by atoms with Crippen molar-refractivity contribution in [2.45, 2.75) is 52.4 Å². The van der Waals surface area contributed by atoms with Crippen LogP contribution in [0.4, 0.5) is 0 Å². The van der Waals surface area contributed by atoms with Crippen molar-refractivity contribution >= 4 is 0 Å². The van der Waals surface area contributed by atoms with E-state index in [4.69, 9.17) is 5.73 Å². The standard InChI is InChI=1S/C12H25N/c1-3-11-4-6-12(7-5-11)8-10(2)9-13/h10-12H,3-9,13H2,1-2H3. The Bertz CT molecular complexity index is 125. The maximum absolute atomic E-state index is 5.64. The van der Waals surface area contributed by atoms with Crippen molar-refractivity contribution in [3.8, 4) is 0 Å². The van der Waals surface area contributed by atoms with Gasteiger partial charge in [-0.2, -0.15) is 0 Å². The minimum atomic E-state index is 0.739. The van der Waals surface area contributed by atoms with Crippen LogP contribution in [0.2, 0.25) is 0 Å². The van der Waals surface area contributed by atoms with Gasteiger partial charge in [0.15, 0.2) is 0 Å². The predicted octanol–water partition coefficient (Wildman–Crippen LogP) is 3.19. The van der Waals surface area contributed by atoms with E-state index in [1.807, 2.05) is 0 Å². The van der Waals surface area contributed by atoms with E-state index in [1.54, 1.807) is 0 Å². The van der Waals surface area contributed by atoms with Crippen molar-refractivity contribution in [2.75, 3.05) is 6.54 Å². The highest BCUT2D eigenvalue weighted by molar-refractivity contribution is 4.73.